The van der Waals surface area contributed by atoms with Gasteiger partial charge in [0.15, 0.2) is 5.76 Å². The molecule has 0 fully saturated rings. The van der Waals surface area contributed by atoms with Gasteiger partial charge in [0.05, 0.1) is 12.4 Å². The third kappa shape index (κ3) is 5.01. The molecule has 3 N–H and O–H groups in total. The molecular formula is C12H18N2O4. The lowest BCUT2D eigenvalue weighted by Crippen LogP contribution is -2.34. The first-order valence-electron chi connectivity index (χ1n) is 5.90. The van der Waals surface area contributed by atoms with Crippen LogP contribution in [0.4, 0.5) is 0 Å². The van der Waals surface area contributed by atoms with E-state index in [1.807, 2.05) is 6.92 Å². The molecule has 0 radical (unpaired) electrons. The summed E-state index contributed by atoms with van der Waals surface area (Å²) in [7, 11) is 0. The second-order valence-electron chi connectivity index (χ2n) is 3.85. The highest BCUT2D eigenvalue weighted by atomic mass is 16.3. The van der Waals surface area contributed by atoms with E-state index >= 15 is 0 Å². The van der Waals surface area contributed by atoms with Gasteiger partial charge in [-0.1, -0.05) is 6.92 Å². The molecule has 6 nitrogen and oxygen atoms in total. The monoisotopic (exact) mass is 254 g/mol. The summed E-state index contributed by atoms with van der Waals surface area (Å²) in [5, 5.41) is 14.4. The van der Waals surface area contributed by atoms with E-state index in [9.17, 15) is 14.7 Å². The summed E-state index contributed by atoms with van der Waals surface area (Å²) in [6.45, 7) is 2.30. The molecule has 0 aromatic carbocycles. The number of carbonyl (C=O) groups excluding carboxylic acids is 2. The summed E-state index contributed by atoms with van der Waals surface area (Å²) in [4.78, 5) is 22.8. The van der Waals surface area contributed by atoms with Crippen LogP contribution in [-0.2, 0) is 4.79 Å². The Morgan fingerprint density at radius 3 is 2.83 bits per heavy atom. The summed E-state index contributed by atoms with van der Waals surface area (Å²) in [5.74, 6) is -0.333. The predicted molar refractivity (Wildman–Crippen MR) is 65.0 cm³/mol. The van der Waals surface area contributed by atoms with Crippen molar-refractivity contribution >= 4 is 11.8 Å². The summed E-state index contributed by atoms with van der Waals surface area (Å²) < 4.78 is 4.90. The molecular weight excluding hydrogens is 236 g/mol. The molecule has 1 unspecified atom stereocenters. The van der Waals surface area contributed by atoms with Gasteiger partial charge in [-0.3, -0.25) is 9.59 Å². The van der Waals surface area contributed by atoms with Gasteiger partial charge in [-0.15, -0.1) is 0 Å². The number of amides is 2. The van der Waals surface area contributed by atoms with Gasteiger partial charge in [0.2, 0.25) is 5.91 Å². The highest BCUT2D eigenvalue weighted by Gasteiger charge is 2.09. The van der Waals surface area contributed by atoms with Crippen LogP contribution in [0.3, 0.4) is 0 Å². The first-order valence-corrected chi connectivity index (χ1v) is 5.90. The highest BCUT2D eigenvalue weighted by molar-refractivity contribution is 5.91. The van der Waals surface area contributed by atoms with Crippen LogP contribution in [0.1, 0.15) is 30.3 Å². The molecule has 1 atom stereocenters. The Kier molecular flexibility index (Phi) is 5.93. The number of carbonyl (C=O) groups is 2. The molecule has 0 aliphatic carbocycles. The third-order valence-electron chi connectivity index (χ3n) is 2.39. The van der Waals surface area contributed by atoms with Crippen LogP contribution < -0.4 is 10.6 Å². The normalized spacial score (nSPS) is 11.9. The number of furan rings is 1. The van der Waals surface area contributed by atoms with Gasteiger partial charge in [0.1, 0.15) is 0 Å². The van der Waals surface area contributed by atoms with Crippen LogP contribution in [-0.4, -0.2) is 36.1 Å². The van der Waals surface area contributed by atoms with Gasteiger partial charge < -0.3 is 20.2 Å². The van der Waals surface area contributed by atoms with E-state index in [1.165, 1.54) is 6.26 Å². The van der Waals surface area contributed by atoms with E-state index in [1.54, 1.807) is 12.1 Å². The van der Waals surface area contributed by atoms with E-state index in [-0.39, 0.29) is 37.1 Å². The van der Waals surface area contributed by atoms with E-state index in [0.717, 1.165) is 0 Å². The van der Waals surface area contributed by atoms with Crippen LogP contribution in [0.15, 0.2) is 22.8 Å². The summed E-state index contributed by atoms with van der Waals surface area (Å²) in [6, 6.07) is 3.17. The molecule has 18 heavy (non-hydrogen) atoms. The Morgan fingerprint density at radius 1 is 1.44 bits per heavy atom. The molecule has 6 heteroatoms. The quantitative estimate of drug-likeness (QED) is 0.652. The molecule has 1 aromatic rings. The molecule has 0 saturated heterocycles. The third-order valence-corrected chi connectivity index (χ3v) is 2.39. The number of aliphatic hydroxyl groups excluding tert-OH is 1. The fraction of sp³-hybridized carbons (Fsp3) is 0.500. The highest BCUT2D eigenvalue weighted by Crippen LogP contribution is 1.98. The number of nitrogens with one attached hydrogen (secondary N) is 2. The van der Waals surface area contributed by atoms with E-state index in [2.05, 4.69) is 10.6 Å². The van der Waals surface area contributed by atoms with Crippen molar-refractivity contribution in [2.45, 2.75) is 25.9 Å². The van der Waals surface area contributed by atoms with Gasteiger partial charge in [-0.2, -0.15) is 0 Å². The Labute approximate surface area is 105 Å². The summed E-state index contributed by atoms with van der Waals surface area (Å²) in [5.41, 5.74) is 0. The fourth-order valence-corrected chi connectivity index (χ4v) is 1.25. The molecule has 2 amide bonds. The Bertz CT molecular complexity index is 375. The Hall–Kier alpha value is -1.82. The van der Waals surface area contributed by atoms with E-state index in [0.29, 0.717) is 6.42 Å². The molecule has 0 aliphatic rings. The molecule has 100 valence electrons. The molecule has 0 spiro atoms. The number of aliphatic hydroxyl groups is 1. The SMILES string of the molecule is CCC(O)CNC(=O)CCNC(=O)c1ccco1. The smallest absolute Gasteiger partial charge is 0.286 e. The van der Waals surface area contributed by atoms with Crippen LogP contribution in [0, 0.1) is 0 Å². The summed E-state index contributed by atoms with van der Waals surface area (Å²) >= 11 is 0. The van der Waals surface area contributed by atoms with Crippen molar-refractivity contribution in [3.05, 3.63) is 24.2 Å². The van der Waals surface area contributed by atoms with Crippen molar-refractivity contribution in [2.75, 3.05) is 13.1 Å². The van der Waals surface area contributed by atoms with Gasteiger partial charge in [0.25, 0.3) is 5.91 Å². The average Bonchev–Trinajstić information content (AvgIpc) is 2.89. The second kappa shape index (κ2) is 7.50. The first kappa shape index (κ1) is 14.2. The Balaban J connectivity index is 2.14. The number of rotatable bonds is 7. The molecule has 1 aromatic heterocycles. The van der Waals surface area contributed by atoms with Crippen molar-refractivity contribution in [3.8, 4) is 0 Å². The van der Waals surface area contributed by atoms with Crippen molar-refractivity contribution < 1.29 is 19.1 Å². The zero-order valence-electron chi connectivity index (χ0n) is 10.3. The lowest BCUT2D eigenvalue weighted by atomic mass is 10.3. The van der Waals surface area contributed by atoms with Crippen molar-refractivity contribution in [1.29, 1.82) is 0 Å². The van der Waals surface area contributed by atoms with Crippen LogP contribution in [0.25, 0.3) is 0 Å². The minimum atomic E-state index is -0.522. The average molecular weight is 254 g/mol. The van der Waals surface area contributed by atoms with Crippen LogP contribution in [0.5, 0.6) is 0 Å². The van der Waals surface area contributed by atoms with Crippen molar-refractivity contribution in [1.82, 2.24) is 10.6 Å². The van der Waals surface area contributed by atoms with Gasteiger partial charge >= 0.3 is 0 Å². The zero-order valence-corrected chi connectivity index (χ0v) is 10.3. The zero-order chi connectivity index (χ0) is 13.4. The minimum Gasteiger partial charge on any atom is -0.459 e. The molecule has 0 aliphatic heterocycles. The maximum atomic E-state index is 11.4. The minimum absolute atomic E-state index is 0.170. The standard InChI is InChI=1S/C12H18N2O4/c1-2-9(15)8-14-11(16)5-6-13-12(17)10-4-3-7-18-10/h3-4,7,9,15H,2,5-6,8H2,1H3,(H,13,17)(H,14,16). The van der Waals surface area contributed by atoms with Crippen LogP contribution in [0.2, 0.25) is 0 Å². The number of hydrogen-bond donors (Lipinski definition) is 3. The topological polar surface area (TPSA) is 91.6 Å². The van der Waals surface area contributed by atoms with E-state index < -0.39 is 6.10 Å². The van der Waals surface area contributed by atoms with Gasteiger partial charge in [-0.05, 0) is 18.6 Å². The fourth-order valence-electron chi connectivity index (χ4n) is 1.25. The molecule has 1 rings (SSSR count). The van der Waals surface area contributed by atoms with Gasteiger partial charge in [0, 0.05) is 19.5 Å². The maximum Gasteiger partial charge on any atom is 0.286 e. The van der Waals surface area contributed by atoms with Crippen molar-refractivity contribution in [2.24, 2.45) is 0 Å². The predicted octanol–water partition coefficient (Wildman–Crippen LogP) is 0.287. The van der Waals surface area contributed by atoms with E-state index in [4.69, 9.17) is 4.42 Å². The second-order valence-corrected chi connectivity index (χ2v) is 3.85. The largest absolute Gasteiger partial charge is 0.459 e. The molecule has 0 bridgehead atoms. The number of hydrogen-bond acceptors (Lipinski definition) is 4. The maximum absolute atomic E-state index is 11.4. The first-order chi connectivity index (χ1) is 8.63. The van der Waals surface area contributed by atoms with Crippen LogP contribution >= 0.6 is 0 Å². The van der Waals surface area contributed by atoms with Gasteiger partial charge in [-0.25, -0.2) is 0 Å². The molecule has 0 saturated carbocycles. The Morgan fingerprint density at radius 2 is 2.22 bits per heavy atom. The lowest BCUT2D eigenvalue weighted by Gasteiger charge is -2.09. The van der Waals surface area contributed by atoms with Crippen molar-refractivity contribution in [3.63, 3.8) is 0 Å². The molecule has 1 heterocycles. The lowest BCUT2D eigenvalue weighted by molar-refractivity contribution is -0.121. The summed E-state index contributed by atoms with van der Waals surface area (Å²) in [6.07, 6.45) is 1.65.